The van der Waals surface area contributed by atoms with Crippen molar-refractivity contribution >= 4 is 17.6 Å². The van der Waals surface area contributed by atoms with Gasteiger partial charge in [-0.1, -0.05) is 29.8 Å². The van der Waals surface area contributed by atoms with Crippen LogP contribution in [0.2, 0.25) is 0 Å². The van der Waals surface area contributed by atoms with E-state index in [-0.39, 0.29) is 11.1 Å². The fraction of sp³-hybridized carbons (Fsp3) is 0.174. The molecule has 0 aliphatic rings. The Morgan fingerprint density at radius 2 is 1.69 bits per heavy atom. The number of urea groups is 1. The molecule has 0 aliphatic heterocycles. The number of methoxy groups -OCH3 is 2. The second-order valence-electron chi connectivity index (χ2n) is 6.97. The van der Waals surface area contributed by atoms with Gasteiger partial charge in [0.25, 0.3) is 11.5 Å². The number of nitrogens with zero attached hydrogens (tertiary/aromatic N) is 1. The molecule has 3 aromatic rings. The van der Waals surface area contributed by atoms with Crippen LogP contribution in [0.3, 0.4) is 0 Å². The Morgan fingerprint density at radius 3 is 2.38 bits per heavy atom. The van der Waals surface area contributed by atoms with Crippen LogP contribution in [0.25, 0.3) is 0 Å². The number of hydrazine groups is 1. The molecule has 3 N–H and O–H groups in total. The summed E-state index contributed by atoms with van der Waals surface area (Å²) in [5, 5.41) is 2.58. The van der Waals surface area contributed by atoms with Crippen LogP contribution < -0.4 is 31.2 Å². The topological polar surface area (TPSA) is 111 Å². The van der Waals surface area contributed by atoms with Crippen LogP contribution in [0.5, 0.6) is 11.5 Å². The molecule has 9 nitrogen and oxygen atoms in total. The monoisotopic (exact) mass is 436 g/mol. The van der Waals surface area contributed by atoms with Crippen LogP contribution >= 0.6 is 0 Å². The first-order chi connectivity index (χ1) is 15.4. The predicted octanol–water partition coefficient (Wildman–Crippen LogP) is 2.69. The highest BCUT2D eigenvalue weighted by molar-refractivity contribution is 5.97. The Bertz CT molecular complexity index is 1170. The van der Waals surface area contributed by atoms with E-state index in [9.17, 15) is 14.4 Å². The Hall–Kier alpha value is -4.27. The van der Waals surface area contributed by atoms with E-state index in [1.807, 2.05) is 31.2 Å². The number of aromatic nitrogens is 1. The molecule has 2 aromatic carbocycles. The molecule has 9 heteroatoms. The third kappa shape index (κ3) is 5.66. The Labute approximate surface area is 184 Å². The average Bonchev–Trinajstić information content (AvgIpc) is 2.80. The maximum Gasteiger partial charge on any atom is 0.338 e. The third-order valence-electron chi connectivity index (χ3n) is 4.67. The lowest BCUT2D eigenvalue weighted by Gasteiger charge is -2.13. The van der Waals surface area contributed by atoms with Gasteiger partial charge in [-0.3, -0.25) is 15.0 Å². The average molecular weight is 436 g/mol. The summed E-state index contributed by atoms with van der Waals surface area (Å²) in [7, 11) is 2.99. The molecule has 0 spiro atoms. The van der Waals surface area contributed by atoms with Gasteiger partial charge in [-0.2, -0.15) is 0 Å². The van der Waals surface area contributed by atoms with Crippen LogP contribution in [-0.4, -0.2) is 30.7 Å². The minimum Gasteiger partial charge on any atom is -0.497 e. The van der Waals surface area contributed by atoms with Crippen molar-refractivity contribution in [3.8, 4) is 11.5 Å². The number of aryl methyl sites for hydroxylation is 1. The smallest absolute Gasteiger partial charge is 0.338 e. The second kappa shape index (κ2) is 10.2. The van der Waals surface area contributed by atoms with Gasteiger partial charge in [0.05, 0.1) is 32.0 Å². The number of nitrogens with one attached hydrogen (secondary N) is 3. The molecule has 0 aliphatic carbocycles. The molecule has 0 saturated carbocycles. The summed E-state index contributed by atoms with van der Waals surface area (Å²) < 4.78 is 11.8. The van der Waals surface area contributed by atoms with E-state index in [0.717, 1.165) is 11.1 Å². The van der Waals surface area contributed by atoms with E-state index in [1.54, 1.807) is 18.2 Å². The number of anilines is 1. The van der Waals surface area contributed by atoms with Crippen molar-refractivity contribution in [3.63, 3.8) is 0 Å². The van der Waals surface area contributed by atoms with Crippen molar-refractivity contribution < 1.29 is 19.1 Å². The first-order valence-corrected chi connectivity index (χ1v) is 9.75. The summed E-state index contributed by atoms with van der Waals surface area (Å²) in [5.41, 5.74) is 7.02. The predicted molar refractivity (Wildman–Crippen MR) is 120 cm³/mol. The molecule has 1 heterocycles. The molecule has 1 aromatic heterocycles. The standard InChI is InChI=1S/C23H24N4O5/c1-15-4-6-16(7-5-15)13-27-14-17(8-11-21(27)28)22(29)25-26-23(30)24-19-10-9-18(31-2)12-20(19)32-3/h4-12,14H,13H2,1-3H3,(H,25,29)(H2,24,26,30). The highest BCUT2D eigenvalue weighted by Gasteiger charge is 2.12. The number of pyridine rings is 1. The number of ether oxygens (including phenoxy) is 2. The lowest BCUT2D eigenvalue weighted by atomic mass is 10.1. The molecule has 0 unspecified atom stereocenters. The number of benzene rings is 2. The zero-order valence-corrected chi connectivity index (χ0v) is 18.0. The first-order valence-electron chi connectivity index (χ1n) is 9.75. The zero-order chi connectivity index (χ0) is 23.1. The van der Waals surface area contributed by atoms with E-state index in [1.165, 1.54) is 37.1 Å². The summed E-state index contributed by atoms with van der Waals surface area (Å²) in [5.74, 6) is 0.399. The lowest BCUT2D eigenvalue weighted by molar-refractivity contribution is 0.0937. The number of carbonyl (C=O) groups excluding carboxylic acids is 2. The van der Waals surface area contributed by atoms with Crippen LogP contribution in [0.15, 0.2) is 65.6 Å². The van der Waals surface area contributed by atoms with Gasteiger partial charge in [-0.05, 0) is 30.7 Å². The van der Waals surface area contributed by atoms with E-state index in [2.05, 4.69) is 16.2 Å². The summed E-state index contributed by atoms with van der Waals surface area (Å²) in [4.78, 5) is 36.8. The van der Waals surface area contributed by atoms with Crippen molar-refractivity contribution in [1.82, 2.24) is 15.4 Å². The van der Waals surface area contributed by atoms with Gasteiger partial charge in [0.15, 0.2) is 0 Å². The third-order valence-corrected chi connectivity index (χ3v) is 4.67. The molecule has 166 valence electrons. The Morgan fingerprint density at radius 1 is 0.938 bits per heavy atom. The number of rotatable bonds is 6. The van der Waals surface area contributed by atoms with Crippen LogP contribution in [0.1, 0.15) is 21.5 Å². The van der Waals surface area contributed by atoms with Crippen LogP contribution in [-0.2, 0) is 6.54 Å². The fourth-order valence-corrected chi connectivity index (χ4v) is 2.92. The molecule has 32 heavy (non-hydrogen) atoms. The first kappa shape index (κ1) is 22.4. The quantitative estimate of drug-likeness (QED) is 0.515. The van der Waals surface area contributed by atoms with Crippen molar-refractivity contribution in [1.29, 1.82) is 0 Å². The summed E-state index contributed by atoms with van der Waals surface area (Å²) in [6, 6.07) is 14.7. The highest BCUT2D eigenvalue weighted by atomic mass is 16.5. The summed E-state index contributed by atoms with van der Waals surface area (Å²) in [6.45, 7) is 2.31. The van der Waals surface area contributed by atoms with Crippen molar-refractivity contribution in [2.45, 2.75) is 13.5 Å². The van der Waals surface area contributed by atoms with Crippen LogP contribution in [0, 0.1) is 6.92 Å². The maximum atomic E-state index is 12.5. The molecule has 0 atom stereocenters. The molecular formula is C23H24N4O5. The molecular weight excluding hydrogens is 412 g/mol. The van der Waals surface area contributed by atoms with E-state index >= 15 is 0 Å². The minimum atomic E-state index is -0.671. The van der Waals surface area contributed by atoms with Gasteiger partial charge in [-0.15, -0.1) is 0 Å². The van der Waals surface area contributed by atoms with E-state index in [4.69, 9.17) is 9.47 Å². The van der Waals surface area contributed by atoms with Crippen molar-refractivity contribution in [2.75, 3.05) is 19.5 Å². The molecule has 3 amide bonds. The van der Waals surface area contributed by atoms with Crippen molar-refractivity contribution in [2.24, 2.45) is 0 Å². The molecule has 0 radical (unpaired) electrons. The molecule has 0 bridgehead atoms. The SMILES string of the molecule is COc1ccc(NC(=O)NNC(=O)c2ccc(=O)n(Cc3ccc(C)cc3)c2)c(OC)c1. The second-order valence-corrected chi connectivity index (χ2v) is 6.97. The fourth-order valence-electron chi connectivity index (χ4n) is 2.92. The number of amides is 3. The maximum absolute atomic E-state index is 12.5. The van der Waals surface area contributed by atoms with Gasteiger partial charge >= 0.3 is 6.03 Å². The minimum absolute atomic E-state index is 0.221. The number of hydrogen-bond donors (Lipinski definition) is 3. The lowest BCUT2D eigenvalue weighted by Crippen LogP contribution is -2.44. The van der Waals surface area contributed by atoms with Crippen molar-refractivity contribution in [3.05, 3.63) is 87.8 Å². The summed E-state index contributed by atoms with van der Waals surface area (Å²) in [6.07, 6.45) is 1.45. The van der Waals surface area contributed by atoms with E-state index in [0.29, 0.717) is 23.7 Å². The molecule has 0 fully saturated rings. The Balaban J connectivity index is 1.63. The van der Waals surface area contributed by atoms with Gasteiger partial charge in [0.1, 0.15) is 11.5 Å². The van der Waals surface area contributed by atoms with Gasteiger partial charge < -0.3 is 19.4 Å². The summed E-state index contributed by atoms with van der Waals surface area (Å²) >= 11 is 0. The van der Waals surface area contributed by atoms with Gasteiger partial charge in [-0.25, -0.2) is 10.2 Å². The molecule has 3 rings (SSSR count). The van der Waals surface area contributed by atoms with Gasteiger partial charge in [0.2, 0.25) is 0 Å². The normalized spacial score (nSPS) is 10.2. The highest BCUT2D eigenvalue weighted by Crippen LogP contribution is 2.28. The number of hydrogen-bond acceptors (Lipinski definition) is 5. The van der Waals surface area contributed by atoms with Gasteiger partial charge in [0, 0.05) is 18.3 Å². The largest absolute Gasteiger partial charge is 0.497 e. The van der Waals surface area contributed by atoms with Crippen LogP contribution in [0.4, 0.5) is 10.5 Å². The molecule has 0 saturated heterocycles. The van der Waals surface area contributed by atoms with E-state index < -0.39 is 11.9 Å². The zero-order valence-electron chi connectivity index (χ0n) is 18.0. The Kier molecular flexibility index (Phi) is 7.12. The number of carbonyl (C=O) groups is 2.